The maximum atomic E-state index is 13.7. The van der Waals surface area contributed by atoms with Crippen LogP contribution < -0.4 is 31.5 Å². The molecule has 2 aliphatic rings. The molecule has 0 unspecified atom stereocenters. The molecule has 2 heterocycles. The monoisotopic (exact) mass is 991 g/mol. The molecule has 5 amide bonds. The van der Waals surface area contributed by atoms with E-state index in [1.165, 1.54) is 4.90 Å². The molecule has 0 fully saturated rings. The van der Waals surface area contributed by atoms with Gasteiger partial charge in [-0.1, -0.05) is 26.0 Å². The number of aliphatic carboxylic acids is 4. The average molecular weight is 992 g/mol. The summed E-state index contributed by atoms with van der Waals surface area (Å²) >= 11 is 0. The van der Waals surface area contributed by atoms with Gasteiger partial charge in [0.1, 0.15) is 11.8 Å². The summed E-state index contributed by atoms with van der Waals surface area (Å²) in [6, 6.07) is 5.80. The molecule has 2 bridgehead atoms. The first-order valence-electron chi connectivity index (χ1n) is 20.2. The van der Waals surface area contributed by atoms with Crippen molar-refractivity contribution in [3.63, 3.8) is 0 Å². The summed E-state index contributed by atoms with van der Waals surface area (Å²) in [5.41, 5.74) is 2.34. The van der Waals surface area contributed by atoms with Crippen molar-refractivity contribution in [1.82, 2.24) is 41.4 Å². The van der Waals surface area contributed by atoms with E-state index in [0.29, 0.717) is 17.7 Å². The summed E-state index contributed by atoms with van der Waals surface area (Å²) in [5, 5.41) is 56.7. The van der Waals surface area contributed by atoms with Gasteiger partial charge >= 0.3 is 23.9 Å². The molecule has 0 saturated carbocycles. The van der Waals surface area contributed by atoms with Gasteiger partial charge in [0.05, 0.1) is 51.8 Å². The van der Waals surface area contributed by atoms with Crippen LogP contribution in [0.1, 0.15) is 45.1 Å². The molecule has 3 rings (SSSR count). The Morgan fingerprint density at radius 2 is 1.24 bits per heavy atom. The van der Waals surface area contributed by atoms with Crippen molar-refractivity contribution in [3.05, 3.63) is 29.8 Å². The second kappa shape index (κ2) is 30.1. The molecule has 3 radical (unpaired) electrons. The molecular weight excluding hydrogens is 931 g/mol. The number of nitrogens with zero attached hydrogens (tertiary/aromatic N) is 3. The zero-order chi connectivity index (χ0) is 46.2. The number of fused-ring (bicyclic) bond motifs is 11. The van der Waals surface area contributed by atoms with E-state index in [2.05, 4.69) is 21.3 Å². The smallest absolute Gasteiger partial charge is 0.317 e. The number of carboxylic acid groups (broad SMARTS) is 4. The number of ether oxygens (including phenoxy) is 1. The van der Waals surface area contributed by atoms with Crippen LogP contribution >= 0.6 is 0 Å². The van der Waals surface area contributed by atoms with Crippen molar-refractivity contribution in [2.24, 2.45) is 17.8 Å². The van der Waals surface area contributed by atoms with Gasteiger partial charge in [0.2, 0.25) is 29.5 Å². The number of amides is 5. The van der Waals surface area contributed by atoms with Crippen LogP contribution in [0.3, 0.4) is 0 Å². The van der Waals surface area contributed by atoms with E-state index in [1.54, 1.807) is 29.7 Å². The molecule has 0 aromatic heterocycles. The Labute approximate surface area is 383 Å². The minimum Gasteiger partial charge on any atom is -0.494 e. The number of hydrogen-bond donors (Lipinski definition) is 10. The molecule has 349 valence electrons. The number of carbonyl (C=O) groups excluding carboxylic acids is 5. The molecule has 0 saturated heterocycles. The third kappa shape index (κ3) is 23.8. The van der Waals surface area contributed by atoms with Gasteiger partial charge in [-0.3, -0.25) is 63.1 Å². The van der Waals surface area contributed by atoms with Crippen LogP contribution in [0, 0.1) is 17.8 Å². The second-order valence-corrected chi connectivity index (χ2v) is 15.3. The number of carboxylic acids is 4. The summed E-state index contributed by atoms with van der Waals surface area (Å²) in [5.74, 6) is -9.37. The molecular formula is C39H60InN8O15. The molecule has 23 nitrogen and oxygen atoms in total. The first-order chi connectivity index (χ1) is 29.4. The van der Waals surface area contributed by atoms with Crippen LogP contribution in [0.2, 0.25) is 0 Å². The normalized spacial score (nSPS) is 16.6. The number of nitrogens with one attached hydrogen (secondary N) is 5. The molecule has 0 aliphatic carbocycles. The number of rotatable bonds is 26. The maximum Gasteiger partial charge on any atom is 0.317 e. The minimum atomic E-state index is -1.28. The van der Waals surface area contributed by atoms with Crippen LogP contribution in [-0.4, -0.2) is 211 Å². The summed E-state index contributed by atoms with van der Waals surface area (Å²) in [7, 11) is 0. The van der Waals surface area contributed by atoms with Crippen molar-refractivity contribution in [2.45, 2.75) is 52.0 Å². The first-order valence-corrected chi connectivity index (χ1v) is 20.2. The van der Waals surface area contributed by atoms with Gasteiger partial charge in [0.15, 0.2) is 0 Å². The summed E-state index contributed by atoms with van der Waals surface area (Å²) in [4.78, 5) is 114. The Hall–Kier alpha value is -5.04. The Kier molecular flexibility index (Phi) is 26.8. The van der Waals surface area contributed by atoms with Crippen LogP contribution in [0.25, 0.3) is 0 Å². The third-order valence-electron chi connectivity index (χ3n) is 9.61. The van der Waals surface area contributed by atoms with E-state index in [1.807, 2.05) is 13.8 Å². The van der Waals surface area contributed by atoms with Gasteiger partial charge in [-0.25, -0.2) is 5.48 Å². The predicted molar refractivity (Wildman–Crippen MR) is 222 cm³/mol. The van der Waals surface area contributed by atoms with E-state index in [9.17, 15) is 48.4 Å². The van der Waals surface area contributed by atoms with Crippen LogP contribution in [0.4, 0.5) is 0 Å². The first kappa shape index (κ1) is 56.0. The molecule has 0 spiro atoms. The molecule has 63 heavy (non-hydrogen) atoms. The number of hydroxylamine groups is 1. The molecule has 10 N–H and O–H groups in total. The van der Waals surface area contributed by atoms with Gasteiger partial charge in [-0.15, -0.1) is 0 Å². The second-order valence-electron chi connectivity index (χ2n) is 15.3. The van der Waals surface area contributed by atoms with Gasteiger partial charge < -0.3 is 46.4 Å². The van der Waals surface area contributed by atoms with Crippen LogP contribution in [-0.2, 0) is 49.6 Å². The van der Waals surface area contributed by atoms with Gasteiger partial charge in [0, 0.05) is 77.5 Å². The van der Waals surface area contributed by atoms with Crippen molar-refractivity contribution >= 4 is 79.3 Å². The SMILES string of the molecule is CC(C)C[C@H]1C(=O)N[C@H](C(=O)NCC(=O)NCCCNC(=O)CN(CCN(CC(=O)O)CC(=O)O)CCN(CC(=O)O)CC(=O)O)Cc2ccc(cc2)OCCC[C@@H]1C(=O)NO.[111In]. The van der Waals surface area contributed by atoms with Crippen molar-refractivity contribution in [3.8, 4) is 5.75 Å². The van der Waals surface area contributed by atoms with Gasteiger partial charge in [0.25, 0.3) is 0 Å². The fourth-order valence-corrected chi connectivity index (χ4v) is 6.68. The Bertz CT molecular complexity index is 1610. The molecule has 1 aromatic carbocycles. The quantitative estimate of drug-likeness (QED) is 0.0256. The fraction of sp³-hybridized carbons (Fsp3) is 0.615. The van der Waals surface area contributed by atoms with E-state index in [-0.39, 0.29) is 110 Å². The van der Waals surface area contributed by atoms with Crippen LogP contribution in [0.15, 0.2) is 24.3 Å². The fourth-order valence-electron chi connectivity index (χ4n) is 6.68. The molecule has 24 heteroatoms. The zero-order valence-corrected chi connectivity index (χ0v) is 38.9. The van der Waals surface area contributed by atoms with E-state index >= 15 is 0 Å². The van der Waals surface area contributed by atoms with Crippen LogP contribution in [0.5, 0.6) is 5.75 Å². The summed E-state index contributed by atoms with van der Waals surface area (Å²) < 4.78 is 5.79. The van der Waals surface area contributed by atoms with E-state index < -0.39 is 104 Å². The zero-order valence-electron chi connectivity index (χ0n) is 35.6. The standard InChI is InChI=1S/C39H60N8O15.In/c1-25(2)17-29-28(38(59)44-61)5-3-16-62-27-8-6-26(7-9-27)18-30(43-37(29)58)39(60)42-19-31(48)40-10-4-11-41-32(49)20-45(12-14-46(21-33(50)51)22-34(52)53)13-15-47(23-35(54)55)24-36(56)57;/h6-9,25,28-30,61H,3-5,10-24H2,1-2H3,(H,40,48)(H,41,49)(H,42,60)(H,43,58)(H,44,59)(H,50,51)(H,52,53)(H,54,55)(H,56,57);/t28-,29+,30-;/m0./s1/i;1-4. The Morgan fingerprint density at radius 3 is 1.73 bits per heavy atom. The van der Waals surface area contributed by atoms with Gasteiger partial charge in [-0.05, 0) is 49.3 Å². The van der Waals surface area contributed by atoms with Crippen molar-refractivity contribution in [1.29, 1.82) is 0 Å². The largest absolute Gasteiger partial charge is 0.494 e. The third-order valence-corrected chi connectivity index (χ3v) is 9.61. The van der Waals surface area contributed by atoms with Gasteiger partial charge in [-0.2, -0.15) is 0 Å². The average Bonchev–Trinajstić information content (AvgIpc) is 3.18. The van der Waals surface area contributed by atoms with Crippen molar-refractivity contribution in [2.75, 3.05) is 85.1 Å². The number of hydrogen-bond acceptors (Lipinski definition) is 14. The molecule has 1 aromatic rings. The maximum absolute atomic E-state index is 13.7. The van der Waals surface area contributed by atoms with E-state index in [4.69, 9.17) is 25.2 Å². The molecule has 3 atom stereocenters. The minimum absolute atomic E-state index is 0. The topological polar surface area (TPSA) is 334 Å². The number of carbonyl (C=O) groups is 9. The Morgan fingerprint density at radius 1 is 0.730 bits per heavy atom. The van der Waals surface area contributed by atoms with E-state index in [0.717, 1.165) is 9.80 Å². The Balaban J connectivity index is 0.0000198. The predicted octanol–water partition coefficient (Wildman–Crippen LogP) is -2.73. The molecule has 2 aliphatic heterocycles. The number of benzene rings is 1. The van der Waals surface area contributed by atoms with Crippen molar-refractivity contribution < 1.29 is 73.5 Å². The summed E-state index contributed by atoms with van der Waals surface area (Å²) in [6.07, 6.45) is 1.23. The summed E-state index contributed by atoms with van der Waals surface area (Å²) in [6.45, 7) is 0.849.